The highest BCUT2D eigenvalue weighted by Gasteiger charge is 2.30. The Morgan fingerprint density at radius 3 is 3.06 bits per heavy atom. The van der Waals surface area contributed by atoms with E-state index in [1.54, 1.807) is 0 Å². The SMILES string of the molecule is CC(Nc1snc(N)c1C1CC1)c1cn[nH]c1. The van der Waals surface area contributed by atoms with Crippen LogP contribution >= 0.6 is 11.5 Å². The standard InChI is InChI=1S/C11H15N5S/c1-6(8-4-13-14-5-8)15-11-9(7-2-3-7)10(12)16-17-11/h4-7,15H,2-3H2,1H3,(H2,12,16)(H,13,14). The Kier molecular flexibility index (Phi) is 2.51. The summed E-state index contributed by atoms with van der Waals surface area (Å²) in [4.78, 5) is 0. The van der Waals surface area contributed by atoms with Gasteiger partial charge in [-0.2, -0.15) is 9.47 Å². The van der Waals surface area contributed by atoms with Gasteiger partial charge in [-0.05, 0) is 37.2 Å². The van der Waals surface area contributed by atoms with Gasteiger partial charge in [-0.25, -0.2) is 0 Å². The fourth-order valence-electron chi connectivity index (χ4n) is 1.96. The summed E-state index contributed by atoms with van der Waals surface area (Å²) in [5.41, 5.74) is 8.27. The van der Waals surface area contributed by atoms with E-state index in [-0.39, 0.29) is 6.04 Å². The lowest BCUT2D eigenvalue weighted by molar-refractivity contribution is 0.886. The summed E-state index contributed by atoms with van der Waals surface area (Å²) in [6.45, 7) is 2.11. The fraction of sp³-hybridized carbons (Fsp3) is 0.455. The molecule has 4 N–H and O–H groups in total. The van der Waals surface area contributed by atoms with Crippen molar-refractivity contribution >= 4 is 22.4 Å². The van der Waals surface area contributed by atoms with Crippen molar-refractivity contribution in [2.45, 2.75) is 31.7 Å². The van der Waals surface area contributed by atoms with Crippen molar-refractivity contribution in [1.82, 2.24) is 14.6 Å². The van der Waals surface area contributed by atoms with E-state index in [1.165, 1.54) is 29.9 Å². The van der Waals surface area contributed by atoms with Crippen LogP contribution in [0.5, 0.6) is 0 Å². The van der Waals surface area contributed by atoms with E-state index in [0.29, 0.717) is 11.7 Å². The molecule has 2 heterocycles. The van der Waals surface area contributed by atoms with Crippen LogP contribution in [0.1, 0.15) is 42.9 Å². The average molecular weight is 249 g/mol. The molecular weight excluding hydrogens is 234 g/mol. The first-order valence-corrected chi connectivity index (χ1v) is 6.53. The van der Waals surface area contributed by atoms with E-state index < -0.39 is 0 Å². The van der Waals surface area contributed by atoms with Crippen LogP contribution in [0.2, 0.25) is 0 Å². The van der Waals surface area contributed by atoms with Crippen molar-refractivity contribution in [3.05, 3.63) is 23.5 Å². The number of hydrogen-bond acceptors (Lipinski definition) is 5. The minimum Gasteiger partial charge on any atom is -0.383 e. The molecule has 1 unspecified atom stereocenters. The van der Waals surface area contributed by atoms with Crippen LogP contribution in [0.4, 0.5) is 10.8 Å². The third-order valence-electron chi connectivity index (χ3n) is 3.11. The van der Waals surface area contributed by atoms with Crippen LogP contribution in [0.3, 0.4) is 0 Å². The molecule has 6 heteroatoms. The highest BCUT2D eigenvalue weighted by Crippen LogP contribution is 2.48. The molecule has 0 amide bonds. The summed E-state index contributed by atoms with van der Waals surface area (Å²) >= 11 is 1.45. The maximum absolute atomic E-state index is 5.92. The van der Waals surface area contributed by atoms with E-state index in [2.05, 4.69) is 26.8 Å². The Morgan fingerprint density at radius 1 is 1.59 bits per heavy atom. The minimum atomic E-state index is 0.214. The van der Waals surface area contributed by atoms with Crippen LogP contribution in [-0.4, -0.2) is 14.6 Å². The van der Waals surface area contributed by atoms with E-state index in [4.69, 9.17) is 5.73 Å². The van der Waals surface area contributed by atoms with E-state index in [0.717, 1.165) is 10.6 Å². The van der Waals surface area contributed by atoms with Crippen molar-refractivity contribution in [3.8, 4) is 0 Å². The lowest BCUT2D eigenvalue weighted by Gasteiger charge is -2.12. The number of nitrogens with zero attached hydrogens (tertiary/aromatic N) is 2. The molecule has 1 fully saturated rings. The third kappa shape index (κ3) is 2.00. The number of nitrogen functional groups attached to an aromatic ring is 1. The van der Waals surface area contributed by atoms with E-state index in [9.17, 15) is 0 Å². The molecule has 5 nitrogen and oxygen atoms in total. The summed E-state index contributed by atoms with van der Waals surface area (Å²) in [5.74, 6) is 1.31. The van der Waals surface area contributed by atoms with Crippen LogP contribution in [-0.2, 0) is 0 Å². The molecule has 0 aliphatic heterocycles. The fourth-order valence-corrected chi connectivity index (χ4v) is 2.84. The zero-order chi connectivity index (χ0) is 11.8. The predicted octanol–water partition coefficient (Wildman–Crippen LogP) is 2.50. The number of nitrogens with one attached hydrogen (secondary N) is 2. The number of hydrogen-bond donors (Lipinski definition) is 3. The second-order valence-electron chi connectivity index (χ2n) is 4.48. The molecule has 0 bridgehead atoms. The molecule has 0 radical (unpaired) electrons. The normalized spacial score (nSPS) is 17.0. The molecule has 2 aromatic heterocycles. The van der Waals surface area contributed by atoms with Crippen molar-refractivity contribution in [2.24, 2.45) is 0 Å². The summed E-state index contributed by atoms with van der Waals surface area (Å²) in [6.07, 6.45) is 6.20. The van der Waals surface area contributed by atoms with Crippen LogP contribution in [0.15, 0.2) is 12.4 Å². The number of aromatic nitrogens is 3. The lowest BCUT2D eigenvalue weighted by atomic mass is 10.1. The van der Waals surface area contributed by atoms with Crippen LogP contribution in [0, 0.1) is 0 Å². The van der Waals surface area contributed by atoms with Gasteiger partial charge in [-0.3, -0.25) is 5.10 Å². The van der Waals surface area contributed by atoms with Crippen molar-refractivity contribution in [3.63, 3.8) is 0 Å². The first-order chi connectivity index (χ1) is 8.25. The molecule has 0 saturated heterocycles. The average Bonchev–Trinajstić information content (AvgIpc) is 2.87. The molecular formula is C11H15N5S. The smallest absolute Gasteiger partial charge is 0.142 e. The van der Waals surface area contributed by atoms with Gasteiger partial charge < -0.3 is 11.1 Å². The molecule has 90 valence electrons. The largest absolute Gasteiger partial charge is 0.383 e. The summed E-state index contributed by atoms with van der Waals surface area (Å²) < 4.78 is 4.25. The zero-order valence-corrected chi connectivity index (χ0v) is 10.4. The maximum atomic E-state index is 5.92. The molecule has 2 aromatic rings. The van der Waals surface area contributed by atoms with Gasteiger partial charge in [0.25, 0.3) is 0 Å². The Labute approximate surface area is 104 Å². The van der Waals surface area contributed by atoms with Gasteiger partial charge in [0.1, 0.15) is 10.8 Å². The lowest BCUT2D eigenvalue weighted by Crippen LogP contribution is -2.06. The molecule has 1 saturated carbocycles. The monoisotopic (exact) mass is 249 g/mol. The first kappa shape index (κ1) is 10.6. The van der Waals surface area contributed by atoms with Gasteiger partial charge in [0.2, 0.25) is 0 Å². The number of nitrogens with two attached hydrogens (primary N) is 1. The summed E-state index contributed by atoms with van der Waals surface area (Å²) in [5, 5.41) is 11.4. The second kappa shape index (κ2) is 4.03. The third-order valence-corrected chi connectivity index (χ3v) is 3.92. The maximum Gasteiger partial charge on any atom is 0.142 e. The Morgan fingerprint density at radius 2 is 2.41 bits per heavy atom. The molecule has 1 aliphatic carbocycles. The van der Waals surface area contributed by atoms with Crippen LogP contribution in [0.25, 0.3) is 0 Å². The molecule has 1 aliphatic rings. The second-order valence-corrected chi connectivity index (χ2v) is 5.26. The number of rotatable bonds is 4. The topological polar surface area (TPSA) is 79.6 Å². The van der Waals surface area contributed by atoms with Gasteiger partial charge in [-0.15, -0.1) is 0 Å². The van der Waals surface area contributed by atoms with Crippen molar-refractivity contribution in [1.29, 1.82) is 0 Å². The predicted molar refractivity (Wildman–Crippen MR) is 69.1 cm³/mol. The molecule has 1 atom stereocenters. The molecule has 0 aromatic carbocycles. The molecule has 17 heavy (non-hydrogen) atoms. The van der Waals surface area contributed by atoms with Crippen molar-refractivity contribution < 1.29 is 0 Å². The molecule has 0 spiro atoms. The van der Waals surface area contributed by atoms with E-state index in [1.807, 2.05) is 12.4 Å². The number of aromatic amines is 1. The number of anilines is 2. The quantitative estimate of drug-likeness (QED) is 0.777. The Balaban J connectivity index is 1.81. The minimum absolute atomic E-state index is 0.214. The highest BCUT2D eigenvalue weighted by molar-refractivity contribution is 7.10. The highest BCUT2D eigenvalue weighted by atomic mass is 32.1. The zero-order valence-electron chi connectivity index (χ0n) is 9.60. The summed E-state index contributed by atoms with van der Waals surface area (Å²) in [6, 6.07) is 0.214. The van der Waals surface area contributed by atoms with Crippen molar-refractivity contribution in [2.75, 3.05) is 11.1 Å². The van der Waals surface area contributed by atoms with Crippen LogP contribution < -0.4 is 11.1 Å². The Hall–Kier alpha value is -1.56. The van der Waals surface area contributed by atoms with Gasteiger partial charge in [0, 0.05) is 17.3 Å². The van der Waals surface area contributed by atoms with Gasteiger partial charge in [-0.1, -0.05) is 0 Å². The van der Waals surface area contributed by atoms with Gasteiger partial charge in [0.05, 0.1) is 12.2 Å². The Bertz CT molecular complexity index is 500. The first-order valence-electron chi connectivity index (χ1n) is 5.76. The van der Waals surface area contributed by atoms with E-state index >= 15 is 0 Å². The van der Waals surface area contributed by atoms with Gasteiger partial charge >= 0.3 is 0 Å². The summed E-state index contributed by atoms with van der Waals surface area (Å²) in [7, 11) is 0. The van der Waals surface area contributed by atoms with Gasteiger partial charge in [0.15, 0.2) is 0 Å². The molecule has 3 rings (SSSR count). The number of H-pyrrole nitrogens is 1.